The fourth-order valence-electron chi connectivity index (χ4n) is 4.78. The Balaban J connectivity index is 1.45. The van der Waals surface area contributed by atoms with Crippen molar-refractivity contribution < 1.29 is 14.3 Å². The summed E-state index contributed by atoms with van der Waals surface area (Å²) in [6.07, 6.45) is 1.63. The molecule has 1 N–H and O–H groups in total. The van der Waals surface area contributed by atoms with Gasteiger partial charge in [-0.05, 0) is 24.3 Å². The topological polar surface area (TPSA) is 79.8 Å². The van der Waals surface area contributed by atoms with Gasteiger partial charge in [-0.15, -0.1) is 0 Å². The van der Waals surface area contributed by atoms with E-state index in [2.05, 4.69) is 15.3 Å². The molecule has 0 aliphatic carbocycles. The van der Waals surface area contributed by atoms with Crippen LogP contribution in [0, 0.1) is 0 Å². The average Bonchev–Trinajstić information content (AvgIpc) is 2.92. The first-order chi connectivity index (χ1) is 18.1. The maximum Gasteiger partial charge on any atom is 0.273 e. The number of aromatic nitrogens is 2. The number of ether oxygens (including phenoxy) is 2. The van der Waals surface area contributed by atoms with Crippen LogP contribution in [0.3, 0.4) is 0 Å². The maximum absolute atomic E-state index is 13.7. The minimum atomic E-state index is -0.248. The first kappa shape index (κ1) is 23.8. The number of halogens is 2. The molecule has 0 saturated carbocycles. The second kappa shape index (κ2) is 10.0. The summed E-state index contributed by atoms with van der Waals surface area (Å²) in [7, 11) is 0. The van der Waals surface area contributed by atoms with Crippen molar-refractivity contribution in [3.63, 3.8) is 0 Å². The molecule has 1 amide bonds. The largest absolute Gasteiger partial charge is 0.489 e. The highest BCUT2D eigenvalue weighted by Gasteiger charge is 2.26. The molecular formula is C27H23Cl2N5O3. The van der Waals surface area contributed by atoms with Crippen LogP contribution in [0.5, 0.6) is 5.75 Å². The number of hydrazine groups is 1. The zero-order valence-corrected chi connectivity index (χ0v) is 21.3. The molecule has 37 heavy (non-hydrogen) atoms. The summed E-state index contributed by atoms with van der Waals surface area (Å²) in [5, 5.41) is 3.45. The van der Waals surface area contributed by atoms with Crippen LogP contribution in [-0.4, -0.2) is 55.3 Å². The van der Waals surface area contributed by atoms with E-state index in [0.29, 0.717) is 66.4 Å². The second-order valence-corrected chi connectivity index (χ2v) is 9.55. The Morgan fingerprint density at radius 2 is 1.81 bits per heavy atom. The van der Waals surface area contributed by atoms with Gasteiger partial charge in [0.2, 0.25) is 0 Å². The predicted molar refractivity (Wildman–Crippen MR) is 145 cm³/mol. The van der Waals surface area contributed by atoms with E-state index in [4.69, 9.17) is 37.7 Å². The quantitative estimate of drug-likeness (QED) is 0.369. The van der Waals surface area contributed by atoms with Crippen LogP contribution < -0.4 is 20.1 Å². The lowest BCUT2D eigenvalue weighted by Crippen LogP contribution is -2.47. The van der Waals surface area contributed by atoms with Crippen LogP contribution in [0.25, 0.3) is 22.2 Å². The number of para-hydroxylation sites is 3. The average molecular weight is 536 g/mol. The number of nitrogens with one attached hydrogen (secondary N) is 1. The van der Waals surface area contributed by atoms with Gasteiger partial charge in [0, 0.05) is 35.3 Å². The minimum Gasteiger partial charge on any atom is -0.489 e. The first-order valence-electron chi connectivity index (χ1n) is 12.0. The van der Waals surface area contributed by atoms with Gasteiger partial charge in [-0.2, -0.15) is 0 Å². The fourth-order valence-corrected chi connectivity index (χ4v) is 5.25. The predicted octanol–water partition coefficient (Wildman–Crippen LogP) is 4.98. The molecular weight excluding hydrogens is 513 g/mol. The molecule has 1 fully saturated rings. The van der Waals surface area contributed by atoms with E-state index >= 15 is 0 Å². The van der Waals surface area contributed by atoms with E-state index in [9.17, 15) is 4.79 Å². The van der Waals surface area contributed by atoms with E-state index in [1.807, 2.05) is 47.5 Å². The number of hydrogen-bond donors (Lipinski definition) is 1. The van der Waals surface area contributed by atoms with E-state index in [1.165, 1.54) is 0 Å². The highest BCUT2D eigenvalue weighted by Crippen LogP contribution is 2.36. The van der Waals surface area contributed by atoms with Crippen LogP contribution in [0.4, 0.5) is 11.4 Å². The monoisotopic (exact) mass is 535 g/mol. The number of rotatable bonds is 4. The molecule has 2 aliphatic rings. The number of benzene rings is 2. The number of morpholine rings is 1. The number of carbonyl (C=O) groups excluding carboxylic acids is 1. The van der Waals surface area contributed by atoms with E-state index in [-0.39, 0.29) is 5.91 Å². The zero-order chi connectivity index (χ0) is 25.4. The molecule has 2 aromatic heterocycles. The molecule has 188 valence electrons. The van der Waals surface area contributed by atoms with Gasteiger partial charge >= 0.3 is 0 Å². The number of nitrogens with zero attached hydrogens (tertiary/aromatic N) is 4. The number of pyridine rings is 2. The molecule has 4 heterocycles. The van der Waals surface area contributed by atoms with Gasteiger partial charge in [0.05, 0.1) is 47.9 Å². The maximum atomic E-state index is 13.7. The SMILES string of the molecule is O=C(NN1CCOc2ccccc21)c1cnc2c(-c3cc(Cl)cc(Cl)n3)cccc2c1N1CCOCC1. The molecule has 0 radical (unpaired) electrons. The van der Waals surface area contributed by atoms with Crippen LogP contribution in [0.1, 0.15) is 10.4 Å². The number of amides is 1. The van der Waals surface area contributed by atoms with Crippen molar-refractivity contribution in [2.75, 3.05) is 49.4 Å². The van der Waals surface area contributed by atoms with Crippen LogP contribution in [0.15, 0.2) is 60.8 Å². The van der Waals surface area contributed by atoms with Crippen molar-refractivity contribution in [2.24, 2.45) is 0 Å². The Labute approximate surface area is 223 Å². The number of anilines is 2. The van der Waals surface area contributed by atoms with Crippen molar-refractivity contribution in [1.82, 2.24) is 15.4 Å². The Morgan fingerprint density at radius 1 is 0.973 bits per heavy atom. The lowest BCUT2D eigenvalue weighted by Gasteiger charge is -2.33. The summed E-state index contributed by atoms with van der Waals surface area (Å²) in [5.74, 6) is 0.485. The van der Waals surface area contributed by atoms with Gasteiger partial charge in [-0.1, -0.05) is 53.5 Å². The Morgan fingerprint density at radius 3 is 2.65 bits per heavy atom. The van der Waals surface area contributed by atoms with Gasteiger partial charge in [-0.3, -0.25) is 20.2 Å². The van der Waals surface area contributed by atoms with Crippen molar-refractivity contribution in [2.45, 2.75) is 0 Å². The third-order valence-electron chi connectivity index (χ3n) is 6.44. The summed E-state index contributed by atoms with van der Waals surface area (Å²) in [4.78, 5) is 25.1. The number of hydrogen-bond acceptors (Lipinski definition) is 7. The summed E-state index contributed by atoms with van der Waals surface area (Å²) >= 11 is 12.5. The normalized spacial score (nSPS) is 15.3. The molecule has 8 nitrogen and oxygen atoms in total. The minimum absolute atomic E-state index is 0.248. The Bertz CT molecular complexity index is 1470. The molecule has 4 aromatic rings. The molecule has 0 unspecified atom stereocenters. The second-order valence-electron chi connectivity index (χ2n) is 8.72. The van der Waals surface area contributed by atoms with Gasteiger partial charge in [-0.25, -0.2) is 4.98 Å². The van der Waals surface area contributed by atoms with Crippen LogP contribution >= 0.6 is 23.2 Å². The Hall–Kier alpha value is -3.59. The summed E-state index contributed by atoms with van der Waals surface area (Å²) < 4.78 is 11.3. The molecule has 2 aliphatic heterocycles. The van der Waals surface area contributed by atoms with E-state index in [0.717, 1.165) is 28.1 Å². The lowest BCUT2D eigenvalue weighted by molar-refractivity contribution is 0.0943. The van der Waals surface area contributed by atoms with Gasteiger partial charge in [0.15, 0.2) is 0 Å². The van der Waals surface area contributed by atoms with Crippen LogP contribution in [0.2, 0.25) is 10.2 Å². The van der Waals surface area contributed by atoms with Crippen molar-refractivity contribution in [3.05, 3.63) is 76.5 Å². The standard InChI is InChI=1S/C27H23Cl2N5O3/c28-17-14-21(31-24(29)15-17)18-4-3-5-19-25(18)30-16-20(26(19)33-8-11-36-12-9-33)27(35)32-34-10-13-37-23-7-2-1-6-22(23)34/h1-7,14-16H,8-13H2,(H,32,35). The Kier molecular flexibility index (Phi) is 6.46. The number of fused-ring (bicyclic) bond motifs is 2. The summed E-state index contributed by atoms with van der Waals surface area (Å²) in [6.45, 7) is 3.47. The molecule has 6 rings (SSSR count). The van der Waals surface area contributed by atoms with Crippen molar-refractivity contribution in [3.8, 4) is 17.0 Å². The zero-order valence-electron chi connectivity index (χ0n) is 19.8. The summed E-state index contributed by atoms with van der Waals surface area (Å²) in [6, 6.07) is 16.8. The van der Waals surface area contributed by atoms with Gasteiger partial charge in [0.25, 0.3) is 5.91 Å². The highest BCUT2D eigenvalue weighted by atomic mass is 35.5. The van der Waals surface area contributed by atoms with Crippen LogP contribution in [-0.2, 0) is 4.74 Å². The highest BCUT2D eigenvalue weighted by molar-refractivity contribution is 6.34. The molecule has 0 atom stereocenters. The number of carbonyl (C=O) groups is 1. The molecule has 10 heteroatoms. The molecule has 0 bridgehead atoms. The van der Waals surface area contributed by atoms with Gasteiger partial charge < -0.3 is 14.4 Å². The summed E-state index contributed by atoms with van der Waals surface area (Å²) in [5.41, 5.74) is 7.28. The molecule has 2 aromatic carbocycles. The van der Waals surface area contributed by atoms with Crippen molar-refractivity contribution >= 4 is 51.4 Å². The fraction of sp³-hybridized carbons (Fsp3) is 0.222. The van der Waals surface area contributed by atoms with Crippen molar-refractivity contribution in [1.29, 1.82) is 0 Å². The molecule has 0 spiro atoms. The third-order valence-corrected chi connectivity index (χ3v) is 6.85. The lowest BCUT2D eigenvalue weighted by atomic mass is 10.0. The third kappa shape index (κ3) is 4.64. The molecule has 1 saturated heterocycles. The first-order valence-corrected chi connectivity index (χ1v) is 12.7. The smallest absolute Gasteiger partial charge is 0.273 e. The van der Waals surface area contributed by atoms with Gasteiger partial charge in [0.1, 0.15) is 17.5 Å². The van der Waals surface area contributed by atoms with E-state index < -0.39 is 0 Å². The van der Waals surface area contributed by atoms with E-state index in [1.54, 1.807) is 18.3 Å².